The third-order valence-corrected chi connectivity index (χ3v) is 4.79. The second kappa shape index (κ2) is 8.34. The van der Waals surface area contributed by atoms with E-state index in [2.05, 4.69) is 67.3 Å². The monoisotopic (exact) mass is 323 g/mol. The van der Waals surface area contributed by atoms with Crippen molar-refractivity contribution >= 4 is 0 Å². The van der Waals surface area contributed by atoms with Crippen LogP contribution in [0.4, 0.5) is 0 Å². The predicted molar refractivity (Wildman–Crippen MR) is 101 cm³/mol. The maximum Gasteiger partial charge on any atom is 0.119 e. The van der Waals surface area contributed by atoms with Crippen molar-refractivity contribution in [2.24, 2.45) is 11.8 Å². The Bertz CT molecular complexity index is 598. The first-order valence-corrected chi connectivity index (χ1v) is 9.21. The molecule has 0 saturated carbocycles. The van der Waals surface area contributed by atoms with Gasteiger partial charge in [-0.05, 0) is 47.9 Å². The zero-order valence-electron chi connectivity index (χ0n) is 14.9. The molecule has 0 amide bonds. The quantitative estimate of drug-likeness (QED) is 0.686. The Morgan fingerprint density at radius 1 is 0.875 bits per heavy atom. The van der Waals surface area contributed by atoms with Crippen molar-refractivity contribution in [2.45, 2.75) is 26.7 Å². The fraction of sp³-hybridized carbons (Fsp3) is 0.455. The number of piperidine rings is 1. The topological polar surface area (TPSA) is 12.5 Å². The maximum atomic E-state index is 5.91. The van der Waals surface area contributed by atoms with Crippen LogP contribution in [0.5, 0.6) is 5.75 Å². The largest absolute Gasteiger partial charge is 0.494 e. The zero-order valence-corrected chi connectivity index (χ0v) is 14.9. The summed E-state index contributed by atoms with van der Waals surface area (Å²) in [6, 6.07) is 18.9. The Morgan fingerprint density at radius 2 is 1.50 bits per heavy atom. The summed E-state index contributed by atoms with van der Waals surface area (Å²) < 4.78 is 5.91. The van der Waals surface area contributed by atoms with Gasteiger partial charge in [-0.3, -0.25) is 0 Å². The molecule has 2 aromatic carbocycles. The summed E-state index contributed by atoms with van der Waals surface area (Å²) in [5.74, 6) is 2.63. The van der Waals surface area contributed by atoms with E-state index in [0.717, 1.165) is 37.2 Å². The van der Waals surface area contributed by atoms with Gasteiger partial charge in [0.25, 0.3) is 0 Å². The van der Waals surface area contributed by atoms with Gasteiger partial charge in [0, 0.05) is 19.6 Å². The smallest absolute Gasteiger partial charge is 0.119 e. The average molecular weight is 323 g/mol. The van der Waals surface area contributed by atoms with Gasteiger partial charge in [-0.1, -0.05) is 56.3 Å². The molecule has 0 bridgehead atoms. The highest BCUT2D eigenvalue weighted by atomic mass is 16.5. The van der Waals surface area contributed by atoms with Crippen molar-refractivity contribution in [3.05, 3.63) is 54.6 Å². The number of nitrogens with zero attached hydrogens (tertiary/aromatic N) is 1. The van der Waals surface area contributed by atoms with Gasteiger partial charge in [-0.15, -0.1) is 0 Å². The molecule has 24 heavy (non-hydrogen) atoms. The molecular formula is C22H29NO. The van der Waals surface area contributed by atoms with Gasteiger partial charge in [-0.2, -0.15) is 0 Å². The molecular weight excluding hydrogens is 294 g/mol. The highest BCUT2D eigenvalue weighted by molar-refractivity contribution is 5.63. The lowest BCUT2D eigenvalue weighted by Gasteiger charge is -2.34. The summed E-state index contributed by atoms with van der Waals surface area (Å²) >= 11 is 0. The van der Waals surface area contributed by atoms with E-state index in [9.17, 15) is 0 Å². The Hall–Kier alpha value is -1.80. The minimum atomic E-state index is 0.796. The molecule has 2 aromatic rings. The molecule has 128 valence electrons. The van der Waals surface area contributed by atoms with Gasteiger partial charge in [0.05, 0.1) is 6.61 Å². The van der Waals surface area contributed by atoms with E-state index in [4.69, 9.17) is 4.74 Å². The summed E-state index contributed by atoms with van der Waals surface area (Å²) in [7, 11) is 0. The van der Waals surface area contributed by atoms with E-state index < -0.39 is 0 Å². The van der Waals surface area contributed by atoms with Crippen molar-refractivity contribution in [1.29, 1.82) is 0 Å². The Morgan fingerprint density at radius 3 is 2.17 bits per heavy atom. The van der Waals surface area contributed by atoms with E-state index in [1.807, 2.05) is 6.07 Å². The highest BCUT2D eigenvalue weighted by Crippen LogP contribution is 2.23. The van der Waals surface area contributed by atoms with Crippen molar-refractivity contribution in [3.8, 4) is 16.9 Å². The normalized spacial score (nSPS) is 21.6. The SMILES string of the molecule is CC1CC(C)CN(CCCOc2ccc(-c3ccccc3)cc2)C1. The van der Waals surface area contributed by atoms with E-state index in [1.54, 1.807) is 0 Å². The third kappa shape index (κ3) is 4.85. The lowest BCUT2D eigenvalue weighted by Crippen LogP contribution is -2.39. The summed E-state index contributed by atoms with van der Waals surface area (Å²) in [6.07, 6.45) is 2.47. The molecule has 3 rings (SSSR count). The van der Waals surface area contributed by atoms with Crippen LogP contribution in [0.15, 0.2) is 54.6 Å². The Balaban J connectivity index is 1.42. The molecule has 0 aliphatic carbocycles. The molecule has 0 N–H and O–H groups in total. The van der Waals surface area contributed by atoms with Crippen LogP contribution in [0.1, 0.15) is 26.7 Å². The first-order chi connectivity index (χ1) is 11.7. The third-order valence-electron chi connectivity index (χ3n) is 4.79. The Labute approximate surface area is 146 Å². The van der Waals surface area contributed by atoms with Crippen LogP contribution < -0.4 is 4.74 Å². The molecule has 1 saturated heterocycles. The number of rotatable bonds is 6. The lowest BCUT2D eigenvalue weighted by atomic mass is 9.92. The van der Waals surface area contributed by atoms with Crippen LogP contribution in [0.3, 0.4) is 0 Å². The Kier molecular flexibility index (Phi) is 5.92. The van der Waals surface area contributed by atoms with E-state index >= 15 is 0 Å². The summed E-state index contributed by atoms with van der Waals surface area (Å²) in [6.45, 7) is 9.17. The highest BCUT2D eigenvalue weighted by Gasteiger charge is 2.20. The van der Waals surface area contributed by atoms with E-state index in [0.29, 0.717) is 0 Å². The van der Waals surface area contributed by atoms with Crippen LogP contribution in [0, 0.1) is 11.8 Å². The molecule has 0 aromatic heterocycles. The minimum Gasteiger partial charge on any atom is -0.494 e. The number of benzene rings is 2. The van der Waals surface area contributed by atoms with Crippen LogP contribution in [-0.4, -0.2) is 31.1 Å². The van der Waals surface area contributed by atoms with Gasteiger partial charge >= 0.3 is 0 Å². The number of hydrogen-bond acceptors (Lipinski definition) is 2. The molecule has 0 spiro atoms. The molecule has 2 heteroatoms. The number of likely N-dealkylation sites (tertiary alicyclic amines) is 1. The number of ether oxygens (including phenoxy) is 1. The van der Waals surface area contributed by atoms with Crippen LogP contribution in [-0.2, 0) is 0 Å². The van der Waals surface area contributed by atoms with Gasteiger partial charge in [-0.25, -0.2) is 0 Å². The molecule has 2 nitrogen and oxygen atoms in total. The second-order valence-corrected chi connectivity index (χ2v) is 7.30. The predicted octanol–water partition coefficient (Wildman–Crippen LogP) is 5.10. The maximum absolute atomic E-state index is 5.91. The van der Waals surface area contributed by atoms with E-state index in [-0.39, 0.29) is 0 Å². The second-order valence-electron chi connectivity index (χ2n) is 7.30. The molecule has 1 aliphatic rings. The van der Waals surface area contributed by atoms with Crippen LogP contribution in [0.2, 0.25) is 0 Å². The number of hydrogen-bond donors (Lipinski definition) is 0. The fourth-order valence-electron chi connectivity index (χ4n) is 3.83. The summed E-state index contributed by atoms with van der Waals surface area (Å²) in [4.78, 5) is 2.60. The zero-order chi connectivity index (χ0) is 16.8. The molecule has 2 unspecified atom stereocenters. The molecule has 2 atom stereocenters. The van der Waals surface area contributed by atoms with Crippen molar-refractivity contribution in [1.82, 2.24) is 4.90 Å². The summed E-state index contributed by atoms with van der Waals surface area (Å²) in [5.41, 5.74) is 2.48. The van der Waals surface area contributed by atoms with Crippen molar-refractivity contribution < 1.29 is 4.74 Å². The minimum absolute atomic E-state index is 0.796. The average Bonchev–Trinajstić information content (AvgIpc) is 2.59. The summed E-state index contributed by atoms with van der Waals surface area (Å²) in [5, 5.41) is 0. The fourth-order valence-corrected chi connectivity index (χ4v) is 3.83. The molecule has 1 heterocycles. The molecule has 1 fully saturated rings. The van der Waals surface area contributed by atoms with Crippen molar-refractivity contribution in [2.75, 3.05) is 26.2 Å². The van der Waals surface area contributed by atoms with Crippen molar-refractivity contribution in [3.63, 3.8) is 0 Å². The van der Waals surface area contributed by atoms with Crippen LogP contribution in [0.25, 0.3) is 11.1 Å². The van der Waals surface area contributed by atoms with Gasteiger partial charge in [0.15, 0.2) is 0 Å². The van der Waals surface area contributed by atoms with Gasteiger partial charge in [0.1, 0.15) is 5.75 Å². The van der Waals surface area contributed by atoms with Gasteiger partial charge in [0.2, 0.25) is 0 Å². The van der Waals surface area contributed by atoms with E-state index in [1.165, 1.54) is 30.6 Å². The standard InChI is InChI=1S/C22H29NO/c1-18-15-19(2)17-23(16-18)13-6-14-24-22-11-9-21(10-12-22)20-7-4-3-5-8-20/h3-5,7-12,18-19H,6,13-17H2,1-2H3. The lowest BCUT2D eigenvalue weighted by molar-refractivity contribution is 0.132. The van der Waals surface area contributed by atoms with Gasteiger partial charge < -0.3 is 9.64 Å². The molecule has 1 aliphatic heterocycles. The first-order valence-electron chi connectivity index (χ1n) is 9.21. The van der Waals surface area contributed by atoms with Crippen LogP contribution >= 0.6 is 0 Å². The first kappa shape index (κ1) is 17.0. The molecule has 0 radical (unpaired) electrons.